The lowest BCUT2D eigenvalue weighted by Crippen LogP contribution is -2.54. The minimum Gasteiger partial charge on any atom is -0.328 e. The maximum absolute atomic E-state index is 12.8. The number of Topliss-reactive ketones (excluding diaryl/α,β-unsaturated/α-hetero) is 1. The summed E-state index contributed by atoms with van der Waals surface area (Å²) in [4.78, 5) is 26.7. The number of rotatable bonds is 7. The van der Waals surface area contributed by atoms with Crippen molar-refractivity contribution in [3.05, 3.63) is 0 Å². The first-order valence-electron chi connectivity index (χ1n) is 9.42. The number of likely N-dealkylation sites (tertiary alicyclic amines) is 1. The van der Waals surface area contributed by atoms with Crippen molar-refractivity contribution in [2.45, 2.75) is 97.7 Å². The smallest absolute Gasteiger partial charge is 0.240 e. The summed E-state index contributed by atoms with van der Waals surface area (Å²) in [5.41, 5.74) is 0. The van der Waals surface area contributed by atoms with Crippen molar-refractivity contribution in [2.24, 2.45) is 0 Å². The fourth-order valence-corrected chi connectivity index (χ4v) is 3.28. The second kappa shape index (κ2) is 15.3. The Morgan fingerprint density at radius 2 is 1.88 bits per heavy atom. The van der Waals surface area contributed by atoms with Crippen LogP contribution < -0.4 is 5.32 Å². The molecular formula is C19H39N3O2. The third-order valence-electron chi connectivity index (χ3n) is 4.31. The van der Waals surface area contributed by atoms with Gasteiger partial charge in [-0.25, -0.2) is 0 Å². The molecule has 1 aliphatic heterocycles. The van der Waals surface area contributed by atoms with Crippen LogP contribution in [0, 0.1) is 5.41 Å². The Bertz CT molecular complexity index is 348. The summed E-state index contributed by atoms with van der Waals surface area (Å²) >= 11 is 0. The van der Waals surface area contributed by atoms with Crippen molar-refractivity contribution in [3.8, 4) is 0 Å². The third kappa shape index (κ3) is 7.56. The highest BCUT2D eigenvalue weighted by Crippen LogP contribution is 2.26. The lowest BCUT2D eigenvalue weighted by atomic mass is 9.99. The van der Waals surface area contributed by atoms with Crippen LogP contribution in [0.2, 0.25) is 0 Å². The van der Waals surface area contributed by atoms with Crippen molar-refractivity contribution in [1.29, 1.82) is 5.41 Å². The number of nitrogens with one attached hydrogen (secondary N) is 2. The van der Waals surface area contributed by atoms with E-state index in [0.29, 0.717) is 0 Å². The van der Waals surface area contributed by atoms with E-state index in [2.05, 4.69) is 25.9 Å². The Kier molecular flexibility index (Phi) is 16.0. The van der Waals surface area contributed by atoms with Gasteiger partial charge in [-0.3, -0.25) is 9.59 Å². The maximum Gasteiger partial charge on any atom is 0.240 e. The fourth-order valence-electron chi connectivity index (χ4n) is 3.28. The molecule has 0 aromatic carbocycles. The van der Waals surface area contributed by atoms with Crippen molar-refractivity contribution >= 4 is 18.4 Å². The fraction of sp³-hybridized carbons (Fsp3) is 0.842. The molecule has 142 valence electrons. The molecule has 5 nitrogen and oxygen atoms in total. The molecule has 1 aliphatic rings. The molecular weight excluding hydrogens is 302 g/mol. The molecule has 1 amide bonds. The van der Waals surface area contributed by atoms with E-state index in [4.69, 9.17) is 5.41 Å². The number of amides is 1. The summed E-state index contributed by atoms with van der Waals surface area (Å²) < 4.78 is 0. The first-order chi connectivity index (χ1) is 11.6. The van der Waals surface area contributed by atoms with E-state index >= 15 is 0 Å². The predicted molar refractivity (Wildman–Crippen MR) is 103 cm³/mol. The highest BCUT2D eigenvalue weighted by atomic mass is 16.2. The average Bonchev–Trinajstić information content (AvgIpc) is 2.75. The second-order valence-electron chi connectivity index (χ2n) is 5.88. The number of hydrogen-bond donors (Lipinski definition) is 2. The van der Waals surface area contributed by atoms with Crippen molar-refractivity contribution in [2.75, 3.05) is 7.05 Å². The minimum atomic E-state index is -0.238. The monoisotopic (exact) mass is 341 g/mol. The molecule has 1 heterocycles. The number of carbonyl (C=O) groups excluding carboxylic acids is 2. The molecule has 1 saturated heterocycles. The van der Waals surface area contributed by atoms with Gasteiger partial charge in [0, 0.05) is 6.04 Å². The molecule has 0 spiro atoms. The Hall–Kier alpha value is -1.23. The zero-order valence-corrected chi connectivity index (χ0v) is 16.7. The van der Waals surface area contributed by atoms with Crippen LogP contribution in [0.1, 0.15) is 79.6 Å². The SMILES string of the molecule is C=N.CC.CCCC1CCCC(NC)C(=O)N1C(CCC)C(C)=O. The van der Waals surface area contributed by atoms with Gasteiger partial charge in [-0.1, -0.05) is 40.5 Å². The number of ketones is 1. The third-order valence-corrected chi connectivity index (χ3v) is 4.31. The Morgan fingerprint density at radius 3 is 2.29 bits per heavy atom. The van der Waals surface area contributed by atoms with Crippen LogP contribution in [0.4, 0.5) is 0 Å². The lowest BCUT2D eigenvalue weighted by Gasteiger charge is -2.37. The summed E-state index contributed by atoms with van der Waals surface area (Å²) in [6, 6.07) is -0.139. The van der Waals surface area contributed by atoms with E-state index in [9.17, 15) is 9.59 Å². The largest absolute Gasteiger partial charge is 0.328 e. The van der Waals surface area contributed by atoms with Crippen LogP contribution in [0.15, 0.2) is 0 Å². The van der Waals surface area contributed by atoms with Crippen LogP contribution in [-0.2, 0) is 9.59 Å². The molecule has 1 rings (SSSR count). The van der Waals surface area contributed by atoms with Crippen molar-refractivity contribution in [1.82, 2.24) is 10.2 Å². The lowest BCUT2D eigenvalue weighted by molar-refractivity contribution is -0.143. The highest BCUT2D eigenvalue weighted by Gasteiger charge is 2.37. The van der Waals surface area contributed by atoms with Gasteiger partial charge >= 0.3 is 0 Å². The first-order valence-corrected chi connectivity index (χ1v) is 9.42. The van der Waals surface area contributed by atoms with Gasteiger partial charge < -0.3 is 15.6 Å². The normalized spacial score (nSPS) is 21.6. The van der Waals surface area contributed by atoms with Gasteiger partial charge in [0.1, 0.15) is 0 Å². The summed E-state index contributed by atoms with van der Waals surface area (Å²) in [6.45, 7) is 12.3. The van der Waals surface area contributed by atoms with E-state index in [1.165, 1.54) is 0 Å². The zero-order chi connectivity index (χ0) is 19.1. The minimum absolute atomic E-state index is 0.122. The summed E-state index contributed by atoms with van der Waals surface area (Å²) in [5.74, 6) is 0.246. The summed E-state index contributed by atoms with van der Waals surface area (Å²) in [6.07, 6.45) is 6.70. The molecule has 0 radical (unpaired) electrons. The molecule has 1 fully saturated rings. The number of likely N-dealkylation sites (N-methyl/N-ethyl adjacent to an activating group) is 1. The molecule has 5 heteroatoms. The van der Waals surface area contributed by atoms with Gasteiger partial charge in [0.25, 0.3) is 0 Å². The molecule has 0 aromatic heterocycles. The van der Waals surface area contributed by atoms with Gasteiger partial charge in [-0.2, -0.15) is 0 Å². The highest BCUT2D eigenvalue weighted by molar-refractivity contribution is 5.90. The Labute approximate surface area is 149 Å². The second-order valence-corrected chi connectivity index (χ2v) is 5.88. The van der Waals surface area contributed by atoms with Gasteiger partial charge in [-0.05, 0) is 52.8 Å². The maximum atomic E-state index is 12.8. The van der Waals surface area contributed by atoms with Gasteiger partial charge in [0.2, 0.25) is 5.91 Å². The molecule has 0 saturated carbocycles. The standard InChI is InChI=1S/C16H30N2O2.C2H6.CH3N/c1-5-8-13-10-7-11-14(17-4)16(20)18(13)15(9-6-2)12(3)19;2*1-2/h13-15,17H,5-11H2,1-4H3;1-2H3;2H,1H2. The molecule has 3 atom stereocenters. The van der Waals surface area contributed by atoms with Crippen LogP contribution in [0.5, 0.6) is 0 Å². The average molecular weight is 342 g/mol. The number of nitrogens with zero attached hydrogens (tertiary/aromatic N) is 1. The molecule has 0 aliphatic carbocycles. The molecule has 0 bridgehead atoms. The van der Waals surface area contributed by atoms with Crippen molar-refractivity contribution < 1.29 is 9.59 Å². The predicted octanol–water partition coefficient (Wildman–Crippen LogP) is 3.81. The molecule has 0 aromatic rings. The molecule has 2 N–H and O–H groups in total. The Morgan fingerprint density at radius 1 is 1.29 bits per heavy atom. The summed E-state index contributed by atoms with van der Waals surface area (Å²) in [5, 5.41) is 8.62. The quantitative estimate of drug-likeness (QED) is 0.692. The van der Waals surface area contributed by atoms with E-state index < -0.39 is 0 Å². The van der Waals surface area contributed by atoms with E-state index in [1.54, 1.807) is 6.92 Å². The topological polar surface area (TPSA) is 73.3 Å². The zero-order valence-electron chi connectivity index (χ0n) is 16.7. The van der Waals surface area contributed by atoms with E-state index in [1.807, 2.05) is 25.8 Å². The Balaban J connectivity index is 0. The van der Waals surface area contributed by atoms with Gasteiger partial charge in [-0.15, -0.1) is 0 Å². The van der Waals surface area contributed by atoms with Crippen LogP contribution in [0.3, 0.4) is 0 Å². The van der Waals surface area contributed by atoms with Crippen LogP contribution in [0.25, 0.3) is 0 Å². The first kappa shape index (κ1) is 25.0. The van der Waals surface area contributed by atoms with E-state index in [-0.39, 0.29) is 29.8 Å². The van der Waals surface area contributed by atoms with Crippen LogP contribution in [-0.4, -0.2) is 48.5 Å². The van der Waals surface area contributed by atoms with E-state index in [0.717, 1.165) is 44.9 Å². The van der Waals surface area contributed by atoms with Gasteiger partial charge in [0.05, 0.1) is 12.1 Å². The molecule has 24 heavy (non-hydrogen) atoms. The molecule has 3 unspecified atom stereocenters. The summed E-state index contributed by atoms with van der Waals surface area (Å²) in [7, 11) is 1.84. The van der Waals surface area contributed by atoms with Crippen LogP contribution >= 0.6 is 0 Å². The number of hydrogen-bond acceptors (Lipinski definition) is 4. The van der Waals surface area contributed by atoms with Gasteiger partial charge in [0.15, 0.2) is 5.78 Å². The number of carbonyl (C=O) groups is 2. The van der Waals surface area contributed by atoms with Crippen molar-refractivity contribution in [3.63, 3.8) is 0 Å².